The van der Waals surface area contributed by atoms with E-state index < -0.39 is 12.1 Å². The van der Waals surface area contributed by atoms with E-state index in [-0.39, 0.29) is 0 Å². The number of carboxylic acid groups (broad SMARTS) is 1. The van der Waals surface area contributed by atoms with Gasteiger partial charge in [0.2, 0.25) is 5.95 Å². The monoisotopic (exact) mass is 425 g/mol. The highest BCUT2D eigenvalue weighted by atomic mass is 19.4. The number of anilines is 3. The Hall–Kier alpha value is -2.88. The number of para-hydroxylation sites is 1. The molecule has 0 aliphatic carbocycles. The zero-order valence-electron chi connectivity index (χ0n) is 17.1. The van der Waals surface area contributed by atoms with Crippen LogP contribution >= 0.6 is 0 Å². The zero-order valence-corrected chi connectivity index (χ0v) is 17.1. The normalized spacial score (nSPS) is 19.0. The molecule has 1 fully saturated rings. The van der Waals surface area contributed by atoms with Gasteiger partial charge in [0.1, 0.15) is 5.82 Å². The minimum absolute atomic E-state index is 0.292. The zero-order chi connectivity index (χ0) is 22.5. The van der Waals surface area contributed by atoms with Crippen LogP contribution in [0.3, 0.4) is 0 Å². The quantitative estimate of drug-likeness (QED) is 0.779. The van der Waals surface area contributed by atoms with Gasteiger partial charge in [-0.2, -0.15) is 18.2 Å². The van der Waals surface area contributed by atoms with Gasteiger partial charge in [-0.3, -0.25) is 0 Å². The van der Waals surface area contributed by atoms with Crippen molar-refractivity contribution in [1.29, 1.82) is 0 Å². The number of hydrogen-bond acceptors (Lipinski definition) is 6. The number of aliphatic carboxylic acids is 1. The van der Waals surface area contributed by atoms with E-state index in [1.165, 1.54) is 0 Å². The fourth-order valence-corrected chi connectivity index (χ4v) is 2.99. The standard InChI is InChI=1S/C18H25N5.C2HF3O2/c1-13-12-23(10-9-16(13)19)17-11-14(2)20-18(21-17)22(3)15-7-5-4-6-8-15;3-2(4,5)1(6)7/h4-8,11,13,16H,9-10,12,19H2,1-3H3;(H,6,7). The molecule has 2 aromatic rings. The van der Waals surface area contributed by atoms with Gasteiger partial charge in [-0.1, -0.05) is 25.1 Å². The predicted octanol–water partition coefficient (Wildman–Crippen LogP) is 3.36. The molecule has 1 saturated heterocycles. The number of carboxylic acids is 1. The first kappa shape index (κ1) is 23.4. The highest BCUT2D eigenvalue weighted by Gasteiger charge is 2.38. The number of benzene rings is 1. The summed E-state index contributed by atoms with van der Waals surface area (Å²) in [5, 5.41) is 7.12. The summed E-state index contributed by atoms with van der Waals surface area (Å²) in [4.78, 5) is 22.6. The van der Waals surface area contributed by atoms with Crippen molar-refractivity contribution in [2.24, 2.45) is 11.7 Å². The maximum absolute atomic E-state index is 10.6. The number of piperidine rings is 1. The molecule has 0 saturated carbocycles. The summed E-state index contributed by atoms with van der Waals surface area (Å²) >= 11 is 0. The van der Waals surface area contributed by atoms with Gasteiger partial charge in [0.05, 0.1) is 0 Å². The van der Waals surface area contributed by atoms with Crippen molar-refractivity contribution in [2.75, 3.05) is 29.9 Å². The Morgan fingerprint density at radius 1 is 1.27 bits per heavy atom. The lowest BCUT2D eigenvalue weighted by atomic mass is 9.95. The Kier molecular flexibility index (Phi) is 7.60. The lowest BCUT2D eigenvalue weighted by Gasteiger charge is -2.36. The molecule has 1 aliphatic heterocycles. The Morgan fingerprint density at radius 2 is 1.87 bits per heavy atom. The Balaban J connectivity index is 0.000000396. The first-order valence-electron chi connectivity index (χ1n) is 9.44. The SMILES string of the molecule is Cc1cc(N2CCC(N)C(C)C2)nc(N(C)c2ccccc2)n1.O=C(O)C(F)(F)F. The van der Waals surface area contributed by atoms with Gasteiger partial charge >= 0.3 is 12.1 Å². The van der Waals surface area contributed by atoms with Gasteiger partial charge in [0.25, 0.3) is 0 Å². The molecule has 2 heterocycles. The van der Waals surface area contributed by atoms with E-state index in [2.05, 4.69) is 35.0 Å². The van der Waals surface area contributed by atoms with Crippen LogP contribution in [0.1, 0.15) is 19.0 Å². The first-order valence-corrected chi connectivity index (χ1v) is 9.44. The van der Waals surface area contributed by atoms with E-state index in [0.29, 0.717) is 12.0 Å². The molecule has 164 valence electrons. The van der Waals surface area contributed by atoms with Crippen LogP contribution in [0.5, 0.6) is 0 Å². The van der Waals surface area contributed by atoms with Crippen LogP contribution < -0.4 is 15.5 Å². The Morgan fingerprint density at radius 3 is 2.40 bits per heavy atom. The van der Waals surface area contributed by atoms with Crippen molar-refractivity contribution >= 4 is 23.4 Å². The molecule has 0 amide bonds. The number of aryl methyl sites for hydroxylation is 1. The van der Waals surface area contributed by atoms with Gasteiger partial charge in [0, 0.05) is 43.6 Å². The maximum atomic E-state index is 10.6. The summed E-state index contributed by atoms with van der Waals surface area (Å²) in [6.45, 7) is 6.14. The van der Waals surface area contributed by atoms with Crippen LogP contribution in [0.15, 0.2) is 36.4 Å². The van der Waals surface area contributed by atoms with Gasteiger partial charge in [-0.15, -0.1) is 0 Å². The number of hydrogen-bond donors (Lipinski definition) is 2. The van der Waals surface area contributed by atoms with Crippen molar-refractivity contribution in [3.8, 4) is 0 Å². The molecule has 0 radical (unpaired) electrons. The van der Waals surface area contributed by atoms with E-state index >= 15 is 0 Å². The molecule has 0 spiro atoms. The minimum atomic E-state index is -5.08. The van der Waals surface area contributed by atoms with Gasteiger partial charge in [-0.05, 0) is 31.4 Å². The van der Waals surface area contributed by atoms with Crippen LogP contribution in [0.25, 0.3) is 0 Å². The van der Waals surface area contributed by atoms with E-state index in [4.69, 9.17) is 20.6 Å². The number of alkyl halides is 3. The Bertz CT molecular complexity index is 848. The predicted molar refractivity (Wildman–Crippen MR) is 109 cm³/mol. The van der Waals surface area contributed by atoms with Crippen molar-refractivity contribution in [1.82, 2.24) is 9.97 Å². The van der Waals surface area contributed by atoms with E-state index in [1.54, 1.807) is 0 Å². The summed E-state index contributed by atoms with van der Waals surface area (Å²) in [6, 6.07) is 12.5. The van der Waals surface area contributed by atoms with Crippen LogP contribution in [0.4, 0.5) is 30.6 Å². The third-order valence-corrected chi connectivity index (χ3v) is 4.81. The van der Waals surface area contributed by atoms with Crippen molar-refractivity contribution in [2.45, 2.75) is 32.5 Å². The molecular formula is C20H26F3N5O2. The fraction of sp³-hybridized carbons (Fsp3) is 0.450. The molecule has 1 aromatic heterocycles. The van der Waals surface area contributed by atoms with Crippen LogP contribution in [0, 0.1) is 12.8 Å². The fourth-order valence-electron chi connectivity index (χ4n) is 2.99. The van der Waals surface area contributed by atoms with E-state index in [0.717, 1.165) is 42.7 Å². The number of nitrogens with zero attached hydrogens (tertiary/aromatic N) is 4. The number of rotatable bonds is 3. The van der Waals surface area contributed by atoms with Gasteiger partial charge < -0.3 is 20.6 Å². The second-order valence-electron chi connectivity index (χ2n) is 7.24. The molecule has 3 rings (SSSR count). The maximum Gasteiger partial charge on any atom is 0.490 e. The summed E-state index contributed by atoms with van der Waals surface area (Å²) in [6.07, 6.45) is -4.08. The molecule has 1 aromatic carbocycles. The summed E-state index contributed by atoms with van der Waals surface area (Å²) in [5.74, 6) is -0.551. The second-order valence-corrected chi connectivity index (χ2v) is 7.24. The molecule has 1 aliphatic rings. The smallest absolute Gasteiger partial charge is 0.475 e. The van der Waals surface area contributed by atoms with Crippen LogP contribution in [-0.2, 0) is 4.79 Å². The number of nitrogens with two attached hydrogens (primary N) is 1. The molecule has 2 atom stereocenters. The summed E-state index contributed by atoms with van der Waals surface area (Å²) in [5.41, 5.74) is 8.20. The molecule has 10 heteroatoms. The molecule has 0 bridgehead atoms. The summed E-state index contributed by atoms with van der Waals surface area (Å²) in [7, 11) is 2.00. The molecular weight excluding hydrogens is 399 g/mol. The number of carbonyl (C=O) groups is 1. The van der Waals surface area contributed by atoms with Gasteiger partial charge in [0.15, 0.2) is 0 Å². The van der Waals surface area contributed by atoms with E-state index in [9.17, 15) is 13.2 Å². The topological polar surface area (TPSA) is 95.6 Å². The second kappa shape index (κ2) is 9.75. The van der Waals surface area contributed by atoms with Crippen molar-refractivity contribution < 1.29 is 23.1 Å². The van der Waals surface area contributed by atoms with Crippen LogP contribution in [-0.4, -0.2) is 53.4 Å². The average Bonchev–Trinajstić information content (AvgIpc) is 2.69. The van der Waals surface area contributed by atoms with Gasteiger partial charge in [-0.25, -0.2) is 9.78 Å². The van der Waals surface area contributed by atoms with Crippen molar-refractivity contribution in [3.05, 3.63) is 42.1 Å². The third kappa shape index (κ3) is 6.31. The summed E-state index contributed by atoms with van der Waals surface area (Å²) < 4.78 is 31.7. The largest absolute Gasteiger partial charge is 0.490 e. The lowest BCUT2D eigenvalue weighted by molar-refractivity contribution is -0.192. The van der Waals surface area contributed by atoms with E-state index in [1.807, 2.05) is 37.1 Å². The highest BCUT2D eigenvalue weighted by molar-refractivity contribution is 5.73. The molecule has 3 N–H and O–H groups in total. The van der Waals surface area contributed by atoms with Crippen LogP contribution in [0.2, 0.25) is 0 Å². The molecule has 7 nitrogen and oxygen atoms in total. The first-order chi connectivity index (χ1) is 14.0. The third-order valence-electron chi connectivity index (χ3n) is 4.81. The molecule has 30 heavy (non-hydrogen) atoms. The average molecular weight is 425 g/mol. The Labute approximate surface area is 173 Å². The molecule has 2 unspecified atom stereocenters. The van der Waals surface area contributed by atoms with Crippen molar-refractivity contribution in [3.63, 3.8) is 0 Å². The number of aromatic nitrogens is 2. The minimum Gasteiger partial charge on any atom is -0.475 e. The lowest BCUT2D eigenvalue weighted by Crippen LogP contribution is -2.46. The number of halogens is 3. The highest BCUT2D eigenvalue weighted by Crippen LogP contribution is 2.25.